The molecule has 2 rings (SSSR count). The molecular formula is C13H7F6N3O. The Balaban J connectivity index is 2.34. The Labute approximate surface area is 125 Å². The minimum absolute atomic E-state index is 0.136. The SMILES string of the molecule is N#Cc1ccc(-c2cnn(CC(F)(F)F)c2)cc1OC(F)(F)F. The molecule has 0 atom stereocenters. The van der Waals surface area contributed by atoms with Crippen LogP contribution in [0.2, 0.25) is 0 Å². The van der Waals surface area contributed by atoms with Gasteiger partial charge >= 0.3 is 12.5 Å². The summed E-state index contributed by atoms with van der Waals surface area (Å²) in [7, 11) is 0. The number of hydrogen-bond donors (Lipinski definition) is 0. The maximum Gasteiger partial charge on any atom is 0.573 e. The molecular weight excluding hydrogens is 328 g/mol. The lowest BCUT2D eigenvalue weighted by molar-refractivity contribution is -0.274. The van der Waals surface area contributed by atoms with Crippen molar-refractivity contribution in [1.29, 1.82) is 5.26 Å². The molecule has 4 nitrogen and oxygen atoms in total. The molecule has 0 fully saturated rings. The van der Waals surface area contributed by atoms with Crippen molar-refractivity contribution in [3.8, 4) is 22.9 Å². The van der Waals surface area contributed by atoms with Gasteiger partial charge in [-0.05, 0) is 17.7 Å². The van der Waals surface area contributed by atoms with Crippen LogP contribution >= 0.6 is 0 Å². The third-order valence-electron chi connectivity index (χ3n) is 2.64. The van der Waals surface area contributed by atoms with Crippen LogP contribution in [0.15, 0.2) is 30.6 Å². The Morgan fingerprint density at radius 1 is 1.13 bits per heavy atom. The van der Waals surface area contributed by atoms with Crippen molar-refractivity contribution in [1.82, 2.24) is 9.78 Å². The summed E-state index contributed by atoms with van der Waals surface area (Å²) in [6.45, 7) is -1.32. The molecule has 2 aromatic rings. The smallest absolute Gasteiger partial charge is 0.404 e. The summed E-state index contributed by atoms with van der Waals surface area (Å²) >= 11 is 0. The number of nitriles is 1. The van der Waals surface area contributed by atoms with Crippen LogP contribution in [0.3, 0.4) is 0 Å². The largest absolute Gasteiger partial charge is 0.573 e. The molecule has 0 spiro atoms. The van der Waals surface area contributed by atoms with Crippen LogP contribution in [-0.4, -0.2) is 22.3 Å². The topological polar surface area (TPSA) is 50.8 Å². The van der Waals surface area contributed by atoms with E-state index in [1.165, 1.54) is 12.1 Å². The number of rotatable bonds is 3. The first-order valence-electron chi connectivity index (χ1n) is 5.97. The summed E-state index contributed by atoms with van der Waals surface area (Å²) in [6.07, 6.45) is -7.36. The lowest BCUT2D eigenvalue weighted by Crippen LogP contribution is -2.18. The lowest BCUT2D eigenvalue weighted by atomic mass is 10.1. The van der Waals surface area contributed by atoms with Crippen LogP contribution in [0.4, 0.5) is 26.3 Å². The summed E-state index contributed by atoms with van der Waals surface area (Å²) in [5.74, 6) is -0.735. The average Bonchev–Trinajstić information content (AvgIpc) is 2.83. The third kappa shape index (κ3) is 4.64. The fourth-order valence-electron chi connectivity index (χ4n) is 1.79. The van der Waals surface area contributed by atoms with Crippen molar-refractivity contribution in [2.75, 3.05) is 0 Å². The van der Waals surface area contributed by atoms with Gasteiger partial charge in [0.05, 0.1) is 11.8 Å². The molecule has 0 unspecified atom stereocenters. The molecule has 10 heteroatoms. The van der Waals surface area contributed by atoms with Gasteiger partial charge in [0.1, 0.15) is 18.4 Å². The summed E-state index contributed by atoms with van der Waals surface area (Å²) in [5, 5.41) is 12.3. The van der Waals surface area contributed by atoms with E-state index in [4.69, 9.17) is 5.26 Å². The monoisotopic (exact) mass is 335 g/mol. The Morgan fingerprint density at radius 3 is 2.39 bits per heavy atom. The molecule has 0 aliphatic carbocycles. The number of alkyl halides is 6. The highest BCUT2D eigenvalue weighted by Gasteiger charge is 2.32. The third-order valence-corrected chi connectivity index (χ3v) is 2.64. The first-order valence-corrected chi connectivity index (χ1v) is 5.97. The first-order chi connectivity index (χ1) is 10.6. The van der Waals surface area contributed by atoms with E-state index < -0.39 is 24.8 Å². The van der Waals surface area contributed by atoms with E-state index in [1.807, 2.05) is 0 Å². The van der Waals surface area contributed by atoms with Crippen LogP contribution in [0.5, 0.6) is 5.75 Å². The second-order valence-corrected chi connectivity index (χ2v) is 4.41. The summed E-state index contributed by atoms with van der Waals surface area (Å²) < 4.78 is 78.1. The van der Waals surface area contributed by atoms with Crippen LogP contribution in [0.25, 0.3) is 11.1 Å². The normalized spacial score (nSPS) is 12.0. The van der Waals surface area contributed by atoms with Crippen molar-refractivity contribution in [2.45, 2.75) is 19.1 Å². The number of benzene rings is 1. The zero-order chi connectivity index (χ0) is 17.3. The van der Waals surface area contributed by atoms with Gasteiger partial charge in [0.15, 0.2) is 0 Å². The minimum Gasteiger partial charge on any atom is -0.404 e. The summed E-state index contributed by atoms with van der Waals surface area (Å²) in [5.41, 5.74) is -0.0591. The van der Waals surface area contributed by atoms with Gasteiger partial charge in [-0.15, -0.1) is 13.2 Å². The molecule has 0 N–H and O–H groups in total. The Hall–Kier alpha value is -2.70. The fraction of sp³-hybridized carbons (Fsp3) is 0.231. The average molecular weight is 335 g/mol. The Morgan fingerprint density at radius 2 is 1.83 bits per heavy atom. The van der Waals surface area contributed by atoms with Crippen molar-refractivity contribution in [3.63, 3.8) is 0 Å². The van der Waals surface area contributed by atoms with E-state index >= 15 is 0 Å². The molecule has 0 radical (unpaired) electrons. The van der Waals surface area contributed by atoms with Crippen LogP contribution in [0, 0.1) is 11.3 Å². The first kappa shape index (κ1) is 16.7. The maximum atomic E-state index is 12.3. The summed E-state index contributed by atoms with van der Waals surface area (Å²) in [6, 6.07) is 4.83. The molecule has 0 amide bonds. The van der Waals surface area contributed by atoms with Gasteiger partial charge in [-0.25, -0.2) is 0 Å². The second-order valence-electron chi connectivity index (χ2n) is 4.41. The fourth-order valence-corrected chi connectivity index (χ4v) is 1.79. The van der Waals surface area contributed by atoms with Gasteiger partial charge in [-0.1, -0.05) is 6.07 Å². The maximum absolute atomic E-state index is 12.3. The number of nitrogens with zero attached hydrogens (tertiary/aromatic N) is 3. The molecule has 0 saturated carbocycles. The van der Waals surface area contributed by atoms with Crippen LogP contribution in [0.1, 0.15) is 5.56 Å². The van der Waals surface area contributed by atoms with Gasteiger partial charge in [0.25, 0.3) is 0 Å². The quantitative estimate of drug-likeness (QED) is 0.800. The zero-order valence-corrected chi connectivity index (χ0v) is 11.1. The van der Waals surface area contributed by atoms with E-state index in [-0.39, 0.29) is 16.7 Å². The molecule has 0 saturated heterocycles. The highest BCUT2D eigenvalue weighted by Crippen LogP contribution is 2.31. The van der Waals surface area contributed by atoms with Gasteiger partial charge in [0, 0.05) is 11.8 Å². The molecule has 0 aliphatic heterocycles. The van der Waals surface area contributed by atoms with Gasteiger partial charge in [0.2, 0.25) is 0 Å². The standard InChI is InChI=1S/C13H7F6N3O/c14-12(15,16)7-22-6-10(5-21-22)8-1-2-9(4-20)11(3-8)23-13(17,18)19/h1-3,5-6H,7H2. The van der Waals surface area contributed by atoms with E-state index in [0.717, 1.165) is 24.5 Å². The van der Waals surface area contributed by atoms with Crippen molar-refractivity contribution in [3.05, 3.63) is 36.2 Å². The highest BCUT2D eigenvalue weighted by atomic mass is 19.4. The van der Waals surface area contributed by atoms with Crippen LogP contribution in [-0.2, 0) is 6.54 Å². The second kappa shape index (κ2) is 5.83. The van der Waals surface area contributed by atoms with Gasteiger partial charge < -0.3 is 4.74 Å². The highest BCUT2D eigenvalue weighted by molar-refractivity contribution is 5.66. The van der Waals surface area contributed by atoms with Gasteiger partial charge in [-0.3, -0.25) is 4.68 Å². The number of aromatic nitrogens is 2. The molecule has 122 valence electrons. The van der Waals surface area contributed by atoms with Crippen molar-refractivity contribution < 1.29 is 31.1 Å². The number of halogens is 6. The van der Waals surface area contributed by atoms with Crippen molar-refractivity contribution >= 4 is 0 Å². The van der Waals surface area contributed by atoms with Crippen molar-refractivity contribution in [2.24, 2.45) is 0 Å². The predicted molar refractivity (Wildman–Crippen MR) is 65.1 cm³/mol. The van der Waals surface area contributed by atoms with Crippen LogP contribution < -0.4 is 4.74 Å². The predicted octanol–water partition coefficient (Wildman–Crippen LogP) is 3.88. The molecule has 0 bridgehead atoms. The Kier molecular flexibility index (Phi) is 4.22. The molecule has 0 aliphatic rings. The molecule has 1 heterocycles. The number of ether oxygens (including phenoxy) is 1. The van der Waals surface area contributed by atoms with E-state index in [1.54, 1.807) is 0 Å². The Bertz CT molecular complexity index is 741. The van der Waals surface area contributed by atoms with E-state index in [9.17, 15) is 26.3 Å². The molecule has 1 aromatic heterocycles. The molecule has 1 aromatic carbocycles. The zero-order valence-electron chi connectivity index (χ0n) is 11.1. The van der Waals surface area contributed by atoms with Gasteiger partial charge in [-0.2, -0.15) is 23.5 Å². The molecule has 23 heavy (non-hydrogen) atoms. The van der Waals surface area contributed by atoms with E-state index in [0.29, 0.717) is 4.68 Å². The summed E-state index contributed by atoms with van der Waals surface area (Å²) in [4.78, 5) is 0. The lowest BCUT2D eigenvalue weighted by Gasteiger charge is -2.11. The van der Waals surface area contributed by atoms with E-state index in [2.05, 4.69) is 9.84 Å². The number of hydrogen-bond acceptors (Lipinski definition) is 3. The minimum atomic E-state index is -5.00.